The Labute approximate surface area is 206 Å². The lowest BCUT2D eigenvalue weighted by Gasteiger charge is -2.23. The number of aliphatic hydroxyl groups is 1. The average molecular weight is 520 g/mol. The van der Waals surface area contributed by atoms with Crippen molar-refractivity contribution in [3.63, 3.8) is 0 Å². The number of carbonyl (C=O) groups is 1. The number of nitrogens with one attached hydrogen (secondary N) is 1. The molecule has 3 aromatic rings. The third-order valence-electron chi connectivity index (χ3n) is 7.42. The molecule has 0 bridgehead atoms. The quantitative estimate of drug-likeness (QED) is 0.505. The number of pyridine rings is 2. The zero-order valence-corrected chi connectivity index (χ0v) is 19.2. The molecule has 2 aromatic heterocycles. The number of anilines is 1. The summed E-state index contributed by atoms with van der Waals surface area (Å²) < 4.78 is 71.1. The molecule has 0 spiro atoms. The van der Waals surface area contributed by atoms with Crippen LogP contribution in [0.1, 0.15) is 29.6 Å². The SMILES string of the molecule is O=C(NC(C1CC1)C(F)(F)F)c1cn(-c2c(F)cccc2F)c2nc(N3CC4CC4(O)C3)ccc2c1=O. The molecule has 1 aliphatic heterocycles. The van der Waals surface area contributed by atoms with E-state index in [1.54, 1.807) is 4.90 Å². The van der Waals surface area contributed by atoms with Crippen LogP contribution >= 0.6 is 0 Å². The maximum atomic E-state index is 14.8. The summed E-state index contributed by atoms with van der Waals surface area (Å²) in [6.07, 6.45) is -2.66. The minimum Gasteiger partial charge on any atom is -0.388 e. The Morgan fingerprint density at radius 2 is 1.86 bits per heavy atom. The summed E-state index contributed by atoms with van der Waals surface area (Å²) >= 11 is 0. The number of benzene rings is 1. The molecule has 1 saturated heterocycles. The van der Waals surface area contributed by atoms with Gasteiger partial charge in [0.05, 0.1) is 11.0 Å². The highest BCUT2D eigenvalue weighted by Crippen LogP contribution is 2.50. The lowest BCUT2D eigenvalue weighted by Crippen LogP contribution is -2.48. The largest absolute Gasteiger partial charge is 0.408 e. The van der Waals surface area contributed by atoms with Crippen molar-refractivity contribution in [3.8, 4) is 5.69 Å². The Hall–Kier alpha value is -3.54. The van der Waals surface area contributed by atoms with Crippen LogP contribution in [-0.4, -0.2) is 51.5 Å². The molecule has 2 N–H and O–H groups in total. The van der Waals surface area contributed by atoms with Crippen molar-refractivity contribution in [2.24, 2.45) is 11.8 Å². The molecule has 3 fully saturated rings. The summed E-state index contributed by atoms with van der Waals surface area (Å²) in [5.74, 6) is -3.70. The van der Waals surface area contributed by atoms with Crippen LogP contribution in [0.3, 0.4) is 0 Å². The van der Waals surface area contributed by atoms with Gasteiger partial charge in [-0.1, -0.05) is 6.07 Å². The highest BCUT2D eigenvalue weighted by Gasteiger charge is 2.59. The average Bonchev–Trinajstić information content (AvgIpc) is 3.75. The minimum absolute atomic E-state index is 0.0790. The van der Waals surface area contributed by atoms with Gasteiger partial charge < -0.3 is 15.3 Å². The zero-order valence-electron chi connectivity index (χ0n) is 19.2. The van der Waals surface area contributed by atoms with Gasteiger partial charge in [0.2, 0.25) is 5.43 Å². The highest BCUT2D eigenvalue weighted by atomic mass is 19.4. The number of fused-ring (bicyclic) bond motifs is 2. The van der Waals surface area contributed by atoms with E-state index >= 15 is 0 Å². The van der Waals surface area contributed by atoms with Crippen LogP contribution in [0.5, 0.6) is 0 Å². The van der Waals surface area contributed by atoms with E-state index < -0.39 is 58.0 Å². The Balaban J connectivity index is 1.49. The van der Waals surface area contributed by atoms with Crippen LogP contribution < -0.4 is 15.6 Å². The van der Waals surface area contributed by atoms with Gasteiger partial charge in [-0.25, -0.2) is 13.8 Å². The molecule has 3 aliphatic rings. The smallest absolute Gasteiger partial charge is 0.388 e. The lowest BCUT2D eigenvalue weighted by molar-refractivity contribution is -0.158. The molecule has 194 valence electrons. The van der Waals surface area contributed by atoms with E-state index in [9.17, 15) is 36.6 Å². The second-order valence-corrected chi connectivity index (χ2v) is 10.1. The first-order valence-corrected chi connectivity index (χ1v) is 11.8. The summed E-state index contributed by atoms with van der Waals surface area (Å²) in [4.78, 5) is 32.4. The van der Waals surface area contributed by atoms with Crippen LogP contribution in [0.15, 0.2) is 41.3 Å². The van der Waals surface area contributed by atoms with Crippen LogP contribution in [0.4, 0.5) is 27.8 Å². The van der Waals surface area contributed by atoms with E-state index in [4.69, 9.17) is 0 Å². The second kappa shape index (κ2) is 7.98. The van der Waals surface area contributed by atoms with Crippen LogP contribution in [0.2, 0.25) is 0 Å². The summed E-state index contributed by atoms with van der Waals surface area (Å²) in [5, 5.41) is 12.1. The maximum absolute atomic E-state index is 14.8. The molecule has 3 atom stereocenters. The van der Waals surface area contributed by atoms with Crippen molar-refractivity contribution in [2.45, 2.75) is 37.1 Å². The summed E-state index contributed by atoms with van der Waals surface area (Å²) in [6.45, 7) is 0.808. The molecule has 0 radical (unpaired) electrons. The number of β-amino-alcohol motifs (C(OH)–C–C–N with tert-alkyl or cyclic N) is 1. The van der Waals surface area contributed by atoms with Gasteiger partial charge >= 0.3 is 6.18 Å². The molecular formula is C25H21F5N4O3. The van der Waals surface area contributed by atoms with Gasteiger partial charge in [-0.05, 0) is 49.4 Å². The van der Waals surface area contributed by atoms with Crippen molar-refractivity contribution in [3.05, 3.63) is 63.9 Å². The minimum atomic E-state index is -4.72. The first-order chi connectivity index (χ1) is 17.5. The fraction of sp³-hybridized carbons (Fsp3) is 0.400. The predicted molar refractivity (Wildman–Crippen MR) is 123 cm³/mol. The van der Waals surface area contributed by atoms with Crippen molar-refractivity contribution < 1.29 is 31.9 Å². The zero-order chi connectivity index (χ0) is 26.3. The number of rotatable bonds is 5. The molecule has 7 nitrogen and oxygen atoms in total. The Bertz CT molecular complexity index is 1480. The van der Waals surface area contributed by atoms with Gasteiger partial charge in [0.15, 0.2) is 5.65 Å². The number of hydrogen-bond acceptors (Lipinski definition) is 5. The number of carbonyl (C=O) groups excluding carboxylic acids is 1. The number of halogens is 5. The highest BCUT2D eigenvalue weighted by molar-refractivity contribution is 5.97. The van der Waals surface area contributed by atoms with Crippen LogP contribution in [0, 0.1) is 23.5 Å². The molecule has 1 aromatic carbocycles. The van der Waals surface area contributed by atoms with E-state index in [0.717, 1.165) is 29.0 Å². The van der Waals surface area contributed by atoms with Gasteiger partial charge in [0.1, 0.15) is 34.7 Å². The van der Waals surface area contributed by atoms with Crippen LogP contribution in [-0.2, 0) is 0 Å². The molecule has 2 saturated carbocycles. The van der Waals surface area contributed by atoms with Gasteiger partial charge in [-0.2, -0.15) is 13.2 Å². The molecule has 12 heteroatoms. The fourth-order valence-electron chi connectivity index (χ4n) is 5.17. The van der Waals surface area contributed by atoms with E-state index in [-0.39, 0.29) is 29.8 Å². The third kappa shape index (κ3) is 4.03. The third-order valence-corrected chi connectivity index (χ3v) is 7.42. The molecular weight excluding hydrogens is 499 g/mol. The Kier molecular flexibility index (Phi) is 5.14. The van der Waals surface area contributed by atoms with Crippen LogP contribution in [0.25, 0.3) is 16.7 Å². The number of piperidine rings is 1. The molecule has 37 heavy (non-hydrogen) atoms. The summed E-state index contributed by atoms with van der Waals surface area (Å²) in [5.41, 5.74) is -3.24. The van der Waals surface area contributed by atoms with Gasteiger partial charge in [-0.15, -0.1) is 0 Å². The Morgan fingerprint density at radius 1 is 1.16 bits per heavy atom. The predicted octanol–water partition coefficient (Wildman–Crippen LogP) is 3.31. The number of para-hydroxylation sites is 1. The number of hydrogen-bond donors (Lipinski definition) is 2. The molecule has 6 rings (SSSR count). The Morgan fingerprint density at radius 3 is 2.46 bits per heavy atom. The molecule has 2 aliphatic carbocycles. The maximum Gasteiger partial charge on any atom is 0.408 e. The lowest BCUT2D eigenvalue weighted by atomic mass is 10.1. The standard InChI is InChI=1S/C25H21F5N4O3/c26-16-2-1-3-17(27)19(16)34-10-15(23(36)32-21(12-4-5-12)25(28,29)30)20(35)14-6-7-18(31-22(14)34)33-9-13-8-24(13,37)11-33/h1-3,6-7,10,12-13,21,37H,4-5,8-9,11H2,(H,32,36). The van der Waals surface area contributed by atoms with Gasteiger partial charge in [0, 0.05) is 25.2 Å². The normalized spacial score (nSPS) is 23.7. The van der Waals surface area contributed by atoms with Crippen molar-refractivity contribution in [2.75, 3.05) is 18.0 Å². The van der Waals surface area contributed by atoms with E-state index in [2.05, 4.69) is 4.98 Å². The first-order valence-electron chi connectivity index (χ1n) is 11.8. The van der Waals surface area contributed by atoms with E-state index in [0.29, 0.717) is 25.3 Å². The number of amides is 1. The molecule has 1 amide bonds. The molecule has 3 unspecified atom stereocenters. The van der Waals surface area contributed by atoms with Crippen molar-refractivity contribution >= 4 is 22.8 Å². The first kappa shape index (κ1) is 23.8. The number of nitrogens with zero attached hydrogens (tertiary/aromatic N) is 3. The van der Waals surface area contributed by atoms with Crippen molar-refractivity contribution in [1.29, 1.82) is 0 Å². The van der Waals surface area contributed by atoms with Gasteiger partial charge in [-0.3, -0.25) is 14.2 Å². The second-order valence-electron chi connectivity index (χ2n) is 10.1. The summed E-state index contributed by atoms with van der Waals surface area (Å²) in [6, 6.07) is 3.74. The molecule has 3 heterocycles. The topological polar surface area (TPSA) is 87.5 Å². The van der Waals surface area contributed by atoms with Gasteiger partial charge in [0.25, 0.3) is 5.91 Å². The number of alkyl halides is 3. The van der Waals surface area contributed by atoms with E-state index in [1.807, 2.05) is 5.32 Å². The monoisotopic (exact) mass is 520 g/mol. The van der Waals surface area contributed by atoms with Crippen molar-refractivity contribution in [1.82, 2.24) is 14.9 Å². The van der Waals surface area contributed by atoms with E-state index in [1.165, 1.54) is 12.1 Å². The fourth-order valence-corrected chi connectivity index (χ4v) is 5.17. The number of aromatic nitrogens is 2. The summed E-state index contributed by atoms with van der Waals surface area (Å²) in [7, 11) is 0.